The van der Waals surface area contributed by atoms with Gasteiger partial charge in [0, 0.05) is 18.9 Å². The van der Waals surface area contributed by atoms with Gasteiger partial charge in [-0.05, 0) is 42.0 Å². The van der Waals surface area contributed by atoms with E-state index in [0.29, 0.717) is 19.6 Å². The van der Waals surface area contributed by atoms with Gasteiger partial charge in [-0.15, -0.1) is 0 Å². The molecule has 8 heteroatoms. The summed E-state index contributed by atoms with van der Waals surface area (Å²) < 4.78 is 5.52. The number of hydrogen-bond donors (Lipinski definition) is 4. The van der Waals surface area contributed by atoms with Gasteiger partial charge in [0.15, 0.2) is 5.60 Å². The fourth-order valence-electron chi connectivity index (χ4n) is 4.22. The van der Waals surface area contributed by atoms with Gasteiger partial charge in [0.1, 0.15) is 6.61 Å². The number of hydrogen-bond acceptors (Lipinski definition) is 5. The monoisotopic (exact) mass is 482 g/mol. The predicted molar refractivity (Wildman–Crippen MR) is 132 cm³/mol. The summed E-state index contributed by atoms with van der Waals surface area (Å²) in [5, 5.41) is 23.7. The third-order valence-electron chi connectivity index (χ3n) is 6.28. The topological polar surface area (TPSA) is 125 Å². The van der Waals surface area contributed by atoms with Gasteiger partial charge in [0.05, 0.1) is 6.54 Å². The van der Waals surface area contributed by atoms with E-state index in [0.717, 1.165) is 32.6 Å². The Morgan fingerprint density at radius 2 is 1.46 bits per heavy atom. The van der Waals surface area contributed by atoms with E-state index < -0.39 is 17.7 Å². The quantitative estimate of drug-likeness (QED) is 0.322. The van der Waals surface area contributed by atoms with Crippen LogP contribution in [-0.4, -0.2) is 53.5 Å². The van der Waals surface area contributed by atoms with Crippen LogP contribution >= 0.6 is 0 Å². The lowest BCUT2D eigenvalue weighted by atomic mass is 9.98. The van der Waals surface area contributed by atoms with Crippen molar-refractivity contribution < 1.29 is 29.3 Å². The molecule has 0 spiro atoms. The molecule has 0 bridgehead atoms. The first-order valence-electron chi connectivity index (χ1n) is 12.1. The first-order chi connectivity index (χ1) is 16.8. The molecule has 0 fully saturated rings. The standard InChI is InChI=1S/C27H34N2O6/c1-27(34,25(31)32)18-29-24(30)15-5-3-2-4-10-16-28-26(33)35-17-23-21-13-8-6-11-19(21)20-12-7-9-14-22(20)23/h6-9,11-14,23,34H,2-5,10,15-18H2,1H3,(H,28,33)(H,29,30)(H,31,32). The van der Waals surface area contributed by atoms with Crippen molar-refractivity contribution in [1.82, 2.24) is 10.6 Å². The number of aliphatic carboxylic acids is 1. The van der Waals surface area contributed by atoms with E-state index in [1.807, 2.05) is 24.3 Å². The van der Waals surface area contributed by atoms with Crippen LogP contribution < -0.4 is 10.6 Å². The zero-order valence-electron chi connectivity index (χ0n) is 20.1. The van der Waals surface area contributed by atoms with Crippen molar-refractivity contribution in [2.45, 2.75) is 57.0 Å². The van der Waals surface area contributed by atoms with E-state index in [1.54, 1.807) is 0 Å². The second-order valence-corrected chi connectivity index (χ2v) is 9.13. The zero-order valence-corrected chi connectivity index (χ0v) is 20.1. The molecule has 2 aromatic rings. The normalized spacial score (nSPS) is 13.9. The molecular formula is C27H34N2O6. The van der Waals surface area contributed by atoms with Gasteiger partial charge in [-0.25, -0.2) is 9.59 Å². The number of unbranched alkanes of at least 4 members (excludes halogenated alkanes) is 4. The first kappa shape index (κ1) is 26.2. The molecule has 3 rings (SSSR count). The van der Waals surface area contributed by atoms with Gasteiger partial charge in [0.2, 0.25) is 5.91 Å². The summed E-state index contributed by atoms with van der Waals surface area (Å²) in [7, 11) is 0. The van der Waals surface area contributed by atoms with E-state index in [1.165, 1.54) is 22.3 Å². The number of carbonyl (C=O) groups excluding carboxylic acids is 2. The Bertz CT molecular complexity index is 990. The number of carboxylic acids is 1. The number of rotatable bonds is 13. The van der Waals surface area contributed by atoms with E-state index >= 15 is 0 Å². The molecule has 0 saturated heterocycles. The number of amides is 2. The molecule has 35 heavy (non-hydrogen) atoms. The van der Waals surface area contributed by atoms with Crippen molar-refractivity contribution in [1.29, 1.82) is 0 Å². The summed E-state index contributed by atoms with van der Waals surface area (Å²) in [4.78, 5) is 34.7. The highest BCUT2D eigenvalue weighted by molar-refractivity contribution is 5.80. The number of alkyl carbamates (subject to hydrolysis) is 1. The molecule has 8 nitrogen and oxygen atoms in total. The molecule has 0 aromatic heterocycles. The van der Waals surface area contributed by atoms with Gasteiger partial charge >= 0.3 is 12.1 Å². The van der Waals surface area contributed by atoms with Crippen molar-refractivity contribution in [3.8, 4) is 11.1 Å². The summed E-state index contributed by atoms with van der Waals surface area (Å²) in [6.07, 6.45) is 4.06. The highest BCUT2D eigenvalue weighted by Gasteiger charge is 2.30. The minimum atomic E-state index is -1.96. The van der Waals surface area contributed by atoms with Crippen LogP contribution in [0.15, 0.2) is 48.5 Å². The number of ether oxygens (including phenoxy) is 1. The number of fused-ring (bicyclic) bond motifs is 3. The predicted octanol–water partition coefficient (Wildman–Crippen LogP) is 3.82. The minimum Gasteiger partial charge on any atom is -0.479 e. The van der Waals surface area contributed by atoms with Crippen molar-refractivity contribution in [3.05, 3.63) is 59.7 Å². The van der Waals surface area contributed by atoms with Crippen molar-refractivity contribution >= 4 is 18.0 Å². The summed E-state index contributed by atoms with van der Waals surface area (Å²) in [5.74, 6) is -1.60. The minimum absolute atomic E-state index is 0.0422. The van der Waals surface area contributed by atoms with E-state index in [-0.39, 0.29) is 24.8 Å². The van der Waals surface area contributed by atoms with Crippen molar-refractivity contribution in [2.75, 3.05) is 19.7 Å². The van der Waals surface area contributed by atoms with Crippen LogP contribution in [0.25, 0.3) is 11.1 Å². The number of nitrogens with one attached hydrogen (secondary N) is 2. The van der Waals surface area contributed by atoms with Crippen LogP contribution in [0, 0.1) is 0 Å². The van der Waals surface area contributed by atoms with Gasteiger partial charge in [-0.3, -0.25) is 4.79 Å². The van der Waals surface area contributed by atoms with Crippen LogP contribution in [0.4, 0.5) is 4.79 Å². The maximum absolute atomic E-state index is 12.2. The summed E-state index contributed by atoms with van der Waals surface area (Å²) in [5.41, 5.74) is 2.80. The lowest BCUT2D eigenvalue weighted by Crippen LogP contribution is -2.46. The Hall–Kier alpha value is -3.39. The van der Waals surface area contributed by atoms with Gasteiger partial charge in [-0.1, -0.05) is 67.8 Å². The highest BCUT2D eigenvalue weighted by Crippen LogP contribution is 2.44. The van der Waals surface area contributed by atoms with E-state index in [4.69, 9.17) is 9.84 Å². The molecule has 1 aliphatic rings. The van der Waals surface area contributed by atoms with Crippen molar-refractivity contribution in [3.63, 3.8) is 0 Å². The number of carboxylic acid groups (broad SMARTS) is 1. The second kappa shape index (κ2) is 12.4. The average Bonchev–Trinajstić information content (AvgIpc) is 3.16. The third kappa shape index (κ3) is 7.29. The molecule has 1 unspecified atom stereocenters. The molecule has 0 saturated carbocycles. The Morgan fingerprint density at radius 3 is 2.09 bits per heavy atom. The zero-order chi connectivity index (χ0) is 25.3. The smallest absolute Gasteiger partial charge is 0.407 e. The van der Waals surface area contributed by atoms with Gasteiger partial charge < -0.3 is 25.6 Å². The lowest BCUT2D eigenvalue weighted by molar-refractivity contribution is -0.156. The summed E-state index contributed by atoms with van der Waals surface area (Å²) >= 11 is 0. The summed E-state index contributed by atoms with van der Waals surface area (Å²) in [6.45, 7) is 1.65. The highest BCUT2D eigenvalue weighted by atomic mass is 16.5. The fourth-order valence-corrected chi connectivity index (χ4v) is 4.22. The largest absolute Gasteiger partial charge is 0.479 e. The molecule has 0 heterocycles. The van der Waals surface area contributed by atoms with Crippen LogP contribution in [0.2, 0.25) is 0 Å². The van der Waals surface area contributed by atoms with Gasteiger partial charge in [-0.2, -0.15) is 0 Å². The molecule has 2 aromatic carbocycles. The number of aliphatic hydroxyl groups is 1. The first-order valence-corrected chi connectivity index (χ1v) is 12.1. The molecule has 4 N–H and O–H groups in total. The van der Waals surface area contributed by atoms with Gasteiger partial charge in [0.25, 0.3) is 0 Å². The SMILES string of the molecule is CC(O)(CNC(=O)CCCCCCCNC(=O)OCC1c2ccccc2-c2ccccc21)C(=O)O. The third-order valence-corrected chi connectivity index (χ3v) is 6.28. The van der Waals surface area contributed by atoms with E-state index in [9.17, 15) is 19.5 Å². The lowest BCUT2D eigenvalue weighted by Gasteiger charge is -2.18. The molecule has 188 valence electrons. The number of benzene rings is 2. The molecular weight excluding hydrogens is 448 g/mol. The second-order valence-electron chi connectivity index (χ2n) is 9.13. The molecule has 1 atom stereocenters. The molecule has 2 amide bonds. The maximum Gasteiger partial charge on any atom is 0.407 e. The Balaban J connectivity index is 1.25. The Kier molecular flexibility index (Phi) is 9.25. The van der Waals surface area contributed by atoms with Crippen LogP contribution in [0.5, 0.6) is 0 Å². The number of carbonyl (C=O) groups is 3. The van der Waals surface area contributed by atoms with Crippen molar-refractivity contribution in [2.24, 2.45) is 0 Å². The molecule has 1 aliphatic carbocycles. The molecule has 0 radical (unpaired) electrons. The maximum atomic E-state index is 12.2. The molecule has 0 aliphatic heterocycles. The van der Waals surface area contributed by atoms with Crippen LogP contribution in [0.3, 0.4) is 0 Å². The Morgan fingerprint density at radius 1 is 0.886 bits per heavy atom. The van der Waals surface area contributed by atoms with Crippen LogP contribution in [0.1, 0.15) is 62.5 Å². The fraction of sp³-hybridized carbons (Fsp3) is 0.444. The van der Waals surface area contributed by atoms with Crippen LogP contribution in [-0.2, 0) is 14.3 Å². The Labute approximate surface area is 205 Å². The average molecular weight is 483 g/mol. The summed E-state index contributed by atoms with van der Waals surface area (Å²) in [6, 6.07) is 16.4. The van der Waals surface area contributed by atoms with E-state index in [2.05, 4.69) is 34.9 Å².